The minimum Gasteiger partial charge on any atom is -0.494 e. The summed E-state index contributed by atoms with van der Waals surface area (Å²) in [5, 5.41) is 0. The second-order valence-corrected chi connectivity index (χ2v) is 17.1. The van der Waals surface area contributed by atoms with Crippen LogP contribution < -0.4 is 4.74 Å². The molecule has 4 aliphatic rings. The first-order valence-electron chi connectivity index (χ1n) is 19.8. The summed E-state index contributed by atoms with van der Waals surface area (Å²) in [6.07, 6.45) is 25.7. The molecule has 0 spiro atoms. The van der Waals surface area contributed by atoms with Crippen LogP contribution in [-0.2, 0) is 4.74 Å². The Labute approximate surface area is 283 Å². The SMILES string of the molecule is CCCCCCCCCOc1ccc(C(=O)O[C@H]2CC[C@@]3(C)C(=CC[C@@H]4[C@H]5CC[C@@H]([C@H](C)CCCC(C)C)[C@@]5(C)CC[C@H]43)C2)cc1. The minimum atomic E-state index is -0.186. The molecule has 0 unspecified atom stereocenters. The number of hydrogen-bond donors (Lipinski definition) is 0. The normalized spacial score (nSPS) is 32.7. The molecule has 0 aliphatic heterocycles. The second-order valence-electron chi connectivity index (χ2n) is 17.1. The molecule has 0 heterocycles. The first-order valence-corrected chi connectivity index (χ1v) is 19.8. The quantitative estimate of drug-likeness (QED) is 0.103. The van der Waals surface area contributed by atoms with Crippen LogP contribution in [0.5, 0.6) is 5.75 Å². The van der Waals surface area contributed by atoms with Crippen molar-refractivity contribution in [3.63, 3.8) is 0 Å². The van der Waals surface area contributed by atoms with Gasteiger partial charge in [0, 0.05) is 6.42 Å². The van der Waals surface area contributed by atoms with Crippen LogP contribution in [0.2, 0.25) is 0 Å². The number of fused-ring (bicyclic) bond motifs is 5. The molecular formula is C43H68O3. The lowest BCUT2D eigenvalue weighted by molar-refractivity contribution is -0.0594. The van der Waals surface area contributed by atoms with Gasteiger partial charge in [0.15, 0.2) is 0 Å². The second kappa shape index (κ2) is 16.1. The molecule has 0 aromatic heterocycles. The molecule has 8 atom stereocenters. The van der Waals surface area contributed by atoms with Gasteiger partial charge in [-0.3, -0.25) is 0 Å². The summed E-state index contributed by atoms with van der Waals surface area (Å²) in [7, 11) is 0. The topological polar surface area (TPSA) is 35.5 Å². The monoisotopic (exact) mass is 633 g/mol. The first-order chi connectivity index (χ1) is 22.2. The highest BCUT2D eigenvalue weighted by atomic mass is 16.5. The van der Waals surface area contributed by atoms with Crippen molar-refractivity contribution in [3.8, 4) is 5.75 Å². The van der Waals surface area contributed by atoms with Gasteiger partial charge in [-0.05, 0) is 122 Å². The molecule has 3 heteroatoms. The fourth-order valence-corrected chi connectivity index (χ4v) is 10.9. The fraction of sp³-hybridized carbons (Fsp3) is 0.791. The lowest BCUT2D eigenvalue weighted by Gasteiger charge is -2.58. The molecule has 0 N–H and O–H groups in total. The number of hydrogen-bond acceptors (Lipinski definition) is 3. The summed E-state index contributed by atoms with van der Waals surface area (Å²) in [6.45, 7) is 15.6. The molecule has 1 aromatic rings. The molecule has 0 amide bonds. The summed E-state index contributed by atoms with van der Waals surface area (Å²) in [5.41, 5.74) is 3.03. The highest BCUT2D eigenvalue weighted by Crippen LogP contribution is 2.67. The predicted molar refractivity (Wildman–Crippen MR) is 192 cm³/mol. The number of rotatable bonds is 16. The Hall–Kier alpha value is -1.77. The average molecular weight is 633 g/mol. The number of ether oxygens (including phenoxy) is 2. The van der Waals surface area contributed by atoms with Crippen LogP contribution in [0, 0.1) is 46.3 Å². The van der Waals surface area contributed by atoms with Gasteiger partial charge in [0.05, 0.1) is 12.2 Å². The van der Waals surface area contributed by atoms with Crippen molar-refractivity contribution in [3.05, 3.63) is 41.5 Å². The lowest BCUT2D eigenvalue weighted by Crippen LogP contribution is -2.51. The Morgan fingerprint density at radius 1 is 0.848 bits per heavy atom. The van der Waals surface area contributed by atoms with Gasteiger partial charge < -0.3 is 9.47 Å². The van der Waals surface area contributed by atoms with E-state index in [4.69, 9.17) is 9.47 Å². The number of carbonyl (C=O) groups excluding carboxylic acids is 1. The van der Waals surface area contributed by atoms with Crippen LogP contribution in [0.15, 0.2) is 35.9 Å². The van der Waals surface area contributed by atoms with E-state index >= 15 is 0 Å². The van der Waals surface area contributed by atoms with Crippen molar-refractivity contribution < 1.29 is 14.3 Å². The maximum absolute atomic E-state index is 13.2. The van der Waals surface area contributed by atoms with Gasteiger partial charge in [0.1, 0.15) is 11.9 Å². The fourth-order valence-electron chi connectivity index (χ4n) is 10.9. The molecular weight excluding hydrogens is 564 g/mol. The number of unbranched alkanes of at least 4 members (excludes halogenated alkanes) is 6. The maximum Gasteiger partial charge on any atom is 0.338 e. The third kappa shape index (κ3) is 8.08. The van der Waals surface area contributed by atoms with Gasteiger partial charge in [-0.2, -0.15) is 0 Å². The third-order valence-corrected chi connectivity index (χ3v) is 13.6. The van der Waals surface area contributed by atoms with E-state index in [1.54, 1.807) is 5.57 Å². The molecule has 5 rings (SSSR count). The smallest absolute Gasteiger partial charge is 0.338 e. The van der Waals surface area contributed by atoms with E-state index in [0.29, 0.717) is 11.0 Å². The Morgan fingerprint density at radius 2 is 1.59 bits per heavy atom. The van der Waals surface area contributed by atoms with E-state index in [1.165, 1.54) is 89.9 Å². The summed E-state index contributed by atoms with van der Waals surface area (Å²) in [5.74, 6) is 5.77. The van der Waals surface area contributed by atoms with Crippen molar-refractivity contribution in [2.24, 2.45) is 46.3 Å². The largest absolute Gasteiger partial charge is 0.494 e. The van der Waals surface area contributed by atoms with E-state index in [1.807, 2.05) is 24.3 Å². The van der Waals surface area contributed by atoms with Gasteiger partial charge in [-0.25, -0.2) is 4.79 Å². The molecule has 3 saturated carbocycles. The van der Waals surface area contributed by atoms with Gasteiger partial charge in [0.2, 0.25) is 0 Å². The molecule has 4 aliphatic carbocycles. The van der Waals surface area contributed by atoms with Crippen LogP contribution in [0.1, 0.15) is 167 Å². The maximum atomic E-state index is 13.2. The molecule has 46 heavy (non-hydrogen) atoms. The lowest BCUT2D eigenvalue weighted by atomic mass is 9.47. The van der Waals surface area contributed by atoms with Gasteiger partial charge in [0.25, 0.3) is 0 Å². The highest BCUT2D eigenvalue weighted by molar-refractivity contribution is 5.89. The molecule has 0 radical (unpaired) electrons. The molecule has 3 fully saturated rings. The Bertz CT molecular complexity index is 1140. The molecule has 3 nitrogen and oxygen atoms in total. The number of carbonyl (C=O) groups is 1. The van der Waals surface area contributed by atoms with Crippen molar-refractivity contribution in [1.82, 2.24) is 0 Å². The Kier molecular flexibility index (Phi) is 12.4. The zero-order valence-corrected chi connectivity index (χ0v) is 30.6. The summed E-state index contributed by atoms with van der Waals surface area (Å²) in [6, 6.07) is 7.60. The van der Waals surface area contributed by atoms with Crippen LogP contribution in [0.3, 0.4) is 0 Å². The van der Waals surface area contributed by atoms with Gasteiger partial charge in [-0.15, -0.1) is 0 Å². The van der Waals surface area contributed by atoms with Crippen LogP contribution in [0.4, 0.5) is 0 Å². The van der Waals surface area contributed by atoms with Crippen LogP contribution in [-0.4, -0.2) is 18.7 Å². The van der Waals surface area contributed by atoms with Gasteiger partial charge >= 0.3 is 5.97 Å². The number of esters is 1. The molecule has 1 aromatic carbocycles. The Balaban J connectivity index is 1.10. The van der Waals surface area contributed by atoms with Crippen molar-refractivity contribution in [2.75, 3.05) is 6.61 Å². The summed E-state index contributed by atoms with van der Waals surface area (Å²) in [4.78, 5) is 13.2. The van der Waals surface area contributed by atoms with Crippen LogP contribution in [0.25, 0.3) is 0 Å². The molecule has 0 bridgehead atoms. The Morgan fingerprint density at radius 3 is 2.33 bits per heavy atom. The number of allylic oxidation sites excluding steroid dienone is 1. The van der Waals surface area contributed by atoms with E-state index in [2.05, 4.69) is 47.6 Å². The summed E-state index contributed by atoms with van der Waals surface area (Å²) >= 11 is 0. The highest BCUT2D eigenvalue weighted by Gasteiger charge is 2.59. The van der Waals surface area contributed by atoms with Crippen LogP contribution >= 0.6 is 0 Å². The third-order valence-electron chi connectivity index (χ3n) is 13.6. The summed E-state index contributed by atoms with van der Waals surface area (Å²) < 4.78 is 12.1. The number of benzene rings is 1. The average Bonchev–Trinajstić information content (AvgIpc) is 3.40. The van der Waals surface area contributed by atoms with E-state index in [9.17, 15) is 4.79 Å². The van der Waals surface area contributed by atoms with E-state index in [-0.39, 0.29) is 17.5 Å². The van der Waals surface area contributed by atoms with Gasteiger partial charge in [-0.1, -0.05) is 111 Å². The van der Waals surface area contributed by atoms with Crippen molar-refractivity contribution >= 4 is 5.97 Å². The van der Waals surface area contributed by atoms with Crippen molar-refractivity contribution in [2.45, 2.75) is 163 Å². The predicted octanol–water partition coefficient (Wildman–Crippen LogP) is 12.4. The first kappa shape index (κ1) is 35.5. The van der Waals surface area contributed by atoms with Crippen molar-refractivity contribution in [1.29, 1.82) is 0 Å². The molecule has 258 valence electrons. The standard InChI is InChI=1S/C43H68O3/c1-7-8-9-10-11-12-13-29-45-35-20-17-33(18-21-35)41(44)46-36-25-27-42(5)34(30-36)19-22-37-39-24-23-38(32(4)16-14-15-31(2)3)43(39,6)28-26-40(37)42/h17-21,31-32,36-40H,7-16,22-30H2,1-6H3/t32-,36+,37-,38+,39-,40-,42+,43-/m1/s1. The minimum absolute atomic E-state index is 0.00645. The zero-order chi connectivity index (χ0) is 32.7. The zero-order valence-electron chi connectivity index (χ0n) is 30.6. The molecule has 0 saturated heterocycles. The van der Waals surface area contributed by atoms with E-state index < -0.39 is 0 Å². The van der Waals surface area contributed by atoms with E-state index in [0.717, 1.165) is 73.5 Å².